The normalized spacial score (nSPS) is 22.0. The molecule has 4 atom stereocenters. The molecule has 2 heterocycles. The third-order valence-corrected chi connectivity index (χ3v) is 6.81. The van der Waals surface area contributed by atoms with Crippen molar-refractivity contribution in [2.75, 3.05) is 18.5 Å². The van der Waals surface area contributed by atoms with Gasteiger partial charge in [0.1, 0.15) is 18.1 Å². The fourth-order valence-corrected chi connectivity index (χ4v) is 4.83. The number of hydrogen-bond acceptors (Lipinski definition) is 7. The third-order valence-electron chi connectivity index (χ3n) is 6.40. The van der Waals surface area contributed by atoms with Crippen LogP contribution in [0.1, 0.15) is 64.2 Å². The number of carbonyl (C=O) groups is 5. The summed E-state index contributed by atoms with van der Waals surface area (Å²) in [5.41, 5.74) is -0.325. The molecule has 0 spiro atoms. The van der Waals surface area contributed by atoms with Gasteiger partial charge >= 0.3 is 5.97 Å². The summed E-state index contributed by atoms with van der Waals surface area (Å²) in [6.07, 6.45) is 0.152. The van der Waals surface area contributed by atoms with Gasteiger partial charge in [0.2, 0.25) is 24.0 Å². The van der Waals surface area contributed by atoms with Crippen LogP contribution in [0.4, 0.5) is 5.69 Å². The fourth-order valence-electron chi connectivity index (χ4n) is 4.57. The maximum atomic E-state index is 13.8. The van der Waals surface area contributed by atoms with E-state index in [-0.39, 0.29) is 28.6 Å². The topological polar surface area (TPSA) is 143 Å². The Morgan fingerprint density at radius 1 is 1.24 bits per heavy atom. The van der Waals surface area contributed by atoms with Crippen LogP contribution < -0.4 is 16.0 Å². The number of amides is 4. The predicted molar refractivity (Wildman–Crippen MR) is 139 cm³/mol. The summed E-state index contributed by atoms with van der Waals surface area (Å²) in [5, 5.41) is 8.21. The average Bonchev–Trinajstić information content (AvgIpc) is 3.44. The van der Waals surface area contributed by atoms with Crippen LogP contribution >= 0.6 is 11.6 Å². The molecule has 11 nitrogen and oxygen atoms in total. The fraction of sp³-hybridized carbons (Fsp3) is 0.577. The van der Waals surface area contributed by atoms with Crippen molar-refractivity contribution in [1.29, 1.82) is 0 Å². The zero-order valence-corrected chi connectivity index (χ0v) is 23.0. The lowest BCUT2D eigenvalue weighted by molar-refractivity contribution is -0.164. The second-order valence-corrected chi connectivity index (χ2v) is 10.8. The first-order chi connectivity index (χ1) is 17.8. The Morgan fingerprint density at radius 2 is 1.95 bits per heavy atom. The number of cyclic esters (lactones) is 1. The first kappa shape index (κ1) is 29.4. The highest BCUT2D eigenvalue weighted by Gasteiger charge is 2.44. The van der Waals surface area contributed by atoms with Gasteiger partial charge in [-0.15, -0.1) is 0 Å². The van der Waals surface area contributed by atoms with Gasteiger partial charge in [0.25, 0.3) is 5.91 Å². The van der Waals surface area contributed by atoms with Gasteiger partial charge in [0.15, 0.2) is 0 Å². The smallest absolute Gasteiger partial charge is 0.310 e. The van der Waals surface area contributed by atoms with E-state index in [1.165, 1.54) is 17.9 Å². The average molecular weight is 551 g/mol. The maximum absolute atomic E-state index is 13.8. The molecule has 3 N–H and O–H groups in total. The Bertz CT molecular complexity index is 1100. The van der Waals surface area contributed by atoms with E-state index in [0.29, 0.717) is 26.0 Å². The van der Waals surface area contributed by atoms with Gasteiger partial charge in [-0.05, 0) is 37.3 Å². The summed E-state index contributed by atoms with van der Waals surface area (Å²) in [7, 11) is 0. The van der Waals surface area contributed by atoms with Crippen LogP contribution in [0.5, 0.6) is 0 Å². The van der Waals surface area contributed by atoms with E-state index in [9.17, 15) is 24.0 Å². The zero-order valence-electron chi connectivity index (χ0n) is 22.3. The molecule has 38 heavy (non-hydrogen) atoms. The van der Waals surface area contributed by atoms with Crippen molar-refractivity contribution < 1.29 is 33.4 Å². The number of benzene rings is 1. The van der Waals surface area contributed by atoms with Crippen LogP contribution in [0, 0.1) is 5.41 Å². The highest BCUT2D eigenvalue weighted by molar-refractivity contribution is 6.36. The van der Waals surface area contributed by atoms with Crippen molar-refractivity contribution in [3.63, 3.8) is 0 Å². The van der Waals surface area contributed by atoms with Crippen LogP contribution in [-0.4, -0.2) is 72.1 Å². The molecule has 0 bridgehead atoms. The SMILES string of the molecule is CCO[C@@H]1OC(=O)C[C@H]1NC(=O)[C@@H]1CCCN1C(=O)[C@@H](NC(=O)c1cccc(NC(C)=O)c1Cl)C(C)(C)C. The number of likely N-dealkylation sites (tertiary alicyclic amines) is 1. The molecule has 4 amide bonds. The standard InChI is InChI=1S/C26H35ClN4O7/c1-6-37-25-17(13-19(33)38-25)29-23(35)18-11-8-12-31(18)24(36)21(26(3,4)5)30-22(34)15-9-7-10-16(20(15)27)28-14(2)32/h7,9-10,17-18,21,25H,6,8,11-13H2,1-5H3,(H,28,32)(H,29,35)(H,30,34)/t17-,18+,21-,25-/m1/s1. The minimum atomic E-state index is -0.976. The van der Waals surface area contributed by atoms with Gasteiger partial charge in [0.05, 0.1) is 22.7 Å². The Balaban J connectivity index is 1.77. The first-order valence-electron chi connectivity index (χ1n) is 12.6. The van der Waals surface area contributed by atoms with E-state index in [1.54, 1.807) is 19.1 Å². The quantitative estimate of drug-likeness (QED) is 0.421. The summed E-state index contributed by atoms with van der Waals surface area (Å²) in [6, 6.07) is 2.25. The molecule has 208 valence electrons. The number of hydrogen-bond donors (Lipinski definition) is 3. The first-order valence-corrected chi connectivity index (χ1v) is 13.0. The second kappa shape index (κ2) is 12.1. The van der Waals surface area contributed by atoms with Crippen molar-refractivity contribution in [3.8, 4) is 0 Å². The van der Waals surface area contributed by atoms with Gasteiger partial charge in [-0.25, -0.2) is 0 Å². The van der Waals surface area contributed by atoms with Gasteiger partial charge in [0, 0.05) is 20.1 Å². The van der Waals surface area contributed by atoms with E-state index in [4.69, 9.17) is 21.1 Å². The third kappa shape index (κ3) is 6.82. The van der Waals surface area contributed by atoms with Crippen LogP contribution in [0.3, 0.4) is 0 Å². The molecule has 0 aromatic heterocycles. The van der Waals surface area contributed by atoms with Gasteiger partial charge in [-0.1, -0.05) is 38.4 Å². The second-order valence-electron chi connectivity index (χ2n) is 10.4. The van der Waals surface area contributed by atoms with Gasteiger partial charge < -0.3 is 30.3 Å². The van der Waals surface area contributed by atoms with Crippen molar-refractivity contribution in [2.24, 2.45) is 5.41 Å². The molecule has 0 saturated carbocycles. The van der Waals surface area contributed by atoms with E-state index >= 15 is 0 Å². The van der Waals surface area contributed by atoms with E-state index in [2.05, 4.69) is 16.0 Å². The van der Waals surface area contributed by atoms with Gasteiger partial charge in [-0.2, -0.15) is 0 Å². The van der Waals surface area contributed by atoms with Crippen molar-refractivity contribution in [1.82, 2.24) is 15.5 Å². The van der Waals surface area contributed by atoms with Crippen LogP contribution in [0.15, 0.2) is 18.2 Å². The summed E-state index contributed by atoms with van der Waals surface area (Å²) in [6.45, 7) is 9.16. The number of halogens is 1. The minimum absolute atomic E-state index is 0.0178. The van der Waals surface area contributed by atoms with Crippen LogP contribution in [0.25, 0.3) is 0 Å². The predicted octanol–water partition coefficient (Wildman–Crippen LogP) is 2.23. The zero-order chi connectivity index (χ0) is 28.2. The van der Waals surface area contributed by atoms with Crippen molar-refractivity contribution in [3.05, 3.63) is 28.8 Å². The highest BCUT2D eigenvalue weighted by Crippen LogP contribution is 2.29. The minimum Gasteiger partial charge on any atom is -0.433 e. The molecule has 3 rings (SSSR count). The summed E-state index contributed by atoms with van der Waals surface area (Å²) < 4.78 is 10.5. The molecular formula is C26H35ClN4O7. The molecule has 2 aliphatic heterocycles. The van der Waals surface area contributed by atoms with E-state index in [1.807, 2.05) is 20.8 Å². The molecule has 1 aromatic rings. The van der Waals surface area contributed by atoms with E-state index in [0.717, 1.165) is 0 Å². The number of esters is 1. The molecule has 0 radical (unpaired) electrons. The Labute approximate surface area is 226 Å². The largest absolute Gasteiger partial charge is 0.433 e. The Hall–Kier alpha value is -3.18. The molecule has 0 aliphatic carbocycles. The van der Waals surface area contributed by atoms with Crippen LogP contribution in [-0.2, 0) is 28.7 Å². The number of ether oxygens (including phenoxy) is 2. The molecule has 2 saturated heterocycles. The van der Waals surface area contributed by atoms with Crippen LogP contribution in [0.2, 0.25) is 5.02 Å². The van der Waals surface area contributed by atoms with Crippen molar-refractivity contribution >= 4 is 46.9 Å². The summed E-state index contributed by atoms with van der Waals surface area (Å²) >= 11 is 6.37. The number of rotatable bonds is 8. The Morgan fingerprint density at radius 3 is 2.58 bits per heavy atom. The molecule has 2 fully saturated rings. The summed E-state index contributed by atoms with van der Waals surface area (Å²) in [4.78, 5) is 64.9. The lowest BCUT2D eigenvalue weighted by atomic mass is 9.85. The number of nitrogens with one attached hydrogen (secondary N) is 3. The van der Waals surface area contributed by atoms with Crippen molar-refractivity contribution in [2.45, 2.75) is 78.3 Å². The number of anilines is 1. The maximum Gasteiger partial charge on any atom is 0.310 e. The molecule has 0 unspecified atom stereocenters. The molecule has 2 aliphatic rings. The lowest BCUT2D eigenvalue weighted by Crippen LogP contribution is -2.58. The highest BCUT2D eigenvalue weighted by atomic mass is 35.5. The Kier molecular flexibility index (Phi) is 9.37. The molecule has 12 heteroatoms. The number of nitrogens with zero attached hydrogens (tertiary/aromatic N) is 1. The van der Waals surface area contributed by atoms with E-state index < -0.39 is 53.5 Å². The lowest BCUT2D eigenvalue weighted by Gasteiger charge is -2.35. The molecule has 1 aromatic carbocycles. The summed E-state index contributed by atoms with van der Waals surface area (Å²) in [5.74, 6) is -2.21. The van der Waals surface area contributed by atoms with Gasteiger partial charge in [-0.3, -0.25) is 24.0 Å². The molecular weight excluding hydrogens is 516 g/mol. The number of carbonyl (C=O) groups excluding carboxylic acids is 5. The monoisotopic (exact) mass is 550 g/mol.